The van der Waals surface area contributed by atoms with E-state index in [4.69, 9.17) is 14.2 Å². The normalized spacial score (nSPS) is 10.1. The van der Waals surface area contributed by atoms with Gasteiger partial charge in [0, 0.05) is 6.54 Å². The zero-order chi connectivity index (χ0) is 23.3. The Morgan fingerprint density at radius 1 is 0.727 bits per heavy atom. The molecule has 3 aromatic rings. The Bertz CT molecular complexity index is 1060. The molecule has 3 aromatic carbocycles. The van der Waals surface area contributed by atoms with Crippen LogP contribution in [0, 0.1) is 0 Å². The summed E-state index contributed by atoms with van der Waals surface area (Å²) in [5, 5.41) is 4.67. The first-order valence-corrected chi connectivity index (χ1v) is 10.3. The lowest BCUT2D eigenvalue weighted by atomic mass is 10.2. The van der Waals surface area contributed by atoms with Crippen LogP contribution in [0.5, 0.6) is 11.5 Å². The molecular formula is C25H24N2O6. The summed E-state index contributed by atoms with van der Waals surface area (Å²) in [6.07, 6.45) is 0. The Balaban J connectivity index is 1.41. The molecule has 0 heterocycles. The molecule has 3 rings (SSSR count). The third-order valence-corrected chi connectivity index (χ3v) is 4.34. The van der Waals surface area contributed by atoms with E-state index in [1.165, 1.54) is 6.07 Å². The van der Waals surface area contributed by atoms with Crippen LogP contribution in [0.15, 0.2) is 84.9 Å². The highest BCUT2D eigenvalue weighted by Gasteiger charge is 2.16. The van der Waals surface area contributed by atoms with Crippen molar-refractivity contribution in [1.82, 2.24) is 10.6 Å². The SMILES string of the molecule is O=C(COC(=O)c1ccccc1OCCOc1ccccc1)NC(=O)NCc1ccccc1. The molecule has 0 bridgehead atoms. The molecule has 0 spiro atoms. The Morgan fingerprint density at radius 3 is 2.12 bits per heavy atom. The van der Waals surface area contributed by atoms with Gasteiger partial charge in [-0.05, 0) is 29.8 Å². The average molecular weight is 448 g/mol. The smallest absolute Gasteiger partial charge is 0.342 e. The van der Waals surface area contributed by atoms with Gasteiger partial charge in [-0.2, -0.15) is 0 Å². The third kappa shape index (κ3) is 8.02. The molecule has 0 saturated carbocycles. The molecule has 0 aliphatic carbocycles. The van der Waals surface area contributed by atoms with Gasteiger partial charge in [-0.1, -0.05) is 60.7 Å². The monoisotopic (exact) mass is 448 g/mol. The lowest BCUT2D eigenvalue weighted by molar-refractivity contribution is -0.123. The second-order valence-electron chi connectivity index (χ2n) is 6.80. The molecule has 2 N–H and O–H groups in total. The maximum atomic E-state index is 12.4. The number of benzene rings is 3. The largest absolute Gasteiger partial charge is 0.490 e. The van der Waals surface area contributed by atoms with Crippen molar-refractivity contribution >= 4 is 17.9 Å². The van der Waals surface area contributed by atoms with Crippen LogP contribution in [0.2, 0.25) is 0 Å². The quantitative estimate of drug-likeness (QED) is 0.364. The van der Waals surface area contributed by atoms with E-state index in [9.17, 15) is 14.4 Å². The molecule has 0 radical (unpaired) electrons. The lowest BCUT2D eigenvalue weighted by Crippen LogP contribution is -2.41. The fraction of sp³-hybridized carbons (Fsp3) is 0.160. The Hall–Kier alpha value is -4.33. The highest BCUT2D eigenvalue weighted by Crippen LogP contribution is 2.19. The number of urea groups is 1. The Kier molecular flexibility index (Phi) is 8.84. The van der Waals surface area contributed by atoms with Gasteiger partial charge in [-0.25, -0.2) is 9.59 Å². The van der Waals surface area contributed by atoms with E-state index in [0.717, 1.165) is 5.56 Å². The van der Waals surface area contributed by atoms with E-state index in [-0.39, 0.29) is 25.3 Å². The summed E-state index contributed by atoms with van der Waals surface area (Å²) in [5.41, 5.74) is 1.05. The zero-order valence-corrected chi connectivity index (χ0v) is 17.9. The molecule has 33 heavy (non-hydrogen) atoms. The van der Waals surface area contributed by atoms with E-state index >= 15 is 0 Å². The standard InChI is InChI=1S/C25H24N2O6/c28-23(27-25(30)26-17-19-9-3-1-4-10-19)18-33-24(29)21-13-7-8-14-22(21)32-16-15-31-20-11-5-2-6-12-20/h1-14H,15-18H2,(H2,26,27,28,30). The second kappa shape index (κ2) is 12.5. The summed E-state index contributed by atoms with van der Waals surface area (Å²) in [6, 6.07) is 24.4. The number of carbonyl (C=O) groups excluding carboxylic acids is 3. The first-order valence-electron chi connectivity index (χ1n) is 10.3. The minimum atomic E-state index is -0.747. The summed E-state index contributed by atoms with van der Waals surface area (Å²) in [7, 11) is 0. The number of esters is 1. The topological polar surface area (TPSA) is 103 Å². The molecule has 0 aromatic heterocycles. The number of nitrogens with one attached hydrogen (secondary N) is 2. The molecule has 3 amide bonds. The zero-order valence-electron chi connectivity index (χ0n) is 17.9. The number of rotatable bonds is 10. The van der Waals surface area contributed by atoms with Crippen LogP contribution in [0.4, 0.5) is 4.79 Å². The molecule has 0 atom stereocenters. The van der Waals surface area contributed by atoms with Gasteiger partial charge >= 0.3 is 12.0 Å². The molecule has 8 nitrogen and oxygen atoms in total. The first-order chi connectivity index (χ1) is 16.1. The Morgan fingerprint density at radius 2 is 1.36 bits per heavy atom. The second-order valence-corrected chi connectivity index (χ2v) is 6.80. The van der Waals surface area contributed by atoms with Crippen molar-refractivity contribution < 1.29 is 28.6 Å². The summed E-state index contributed by atoms with van der Waals surface area (Å²) in [6.45, 7) is 0.149. The van der Waals surface area contributed by atoms with Gasteiger partial charge < -0.3 is 19.5 Å². The van der Waals surface area contributed by atoms with Crippen molar-refractivity contribution in [2.24, 2.45) is 0 Å². The molecular weight excluding hydrogens is 424 g/mol. The van der Waals surface area contributed by atoms with Crippen molar-refractivity contribution in [3.63, 3.8) is 0 Å². The minimum Gasteiger partial charge on any atom is -0.490 e. The minimum absolute atomic E-state index is 0.165. The molecule has 0 aliphatic rings. The maximum Gasteiger partial charge on any atom is 0.342 e. The molecule has 0 unspecified atom stereocenters. The van der Waals surface area contributed by atoms with Crippen molar-refractivity contribution in [1.29, 1.82) is 0 Å². The van der Waals surface area contributed by atoms with Crippen LogP contribution in [-0.4, -0.2) is 37.7 Å². The van der Waals surface area contributed by atoms with E-state index in [0.29, 0.717) is 11.5 Å². The van der Waals surface area contributed by atoms with Crippen molar-refractivity contribution in [3.05, 3.63) is 96.1 Å². The van der Waals surface area contributed by atoms with Gasteiger partial charge in [0.25, 0.3) is 5.91 Å². The van der Waals surface area contributed by atoms with Gasteiger partial charge in [-0.15, -0.1) is 0 Å². The van der Waals surface area contributed by atoms with Crippen LogP contribution in [0.1, 0.15) is 15.9 Å². The average Bonchev–Trinajstić information content (AvgIpc) is 2.85. The summed E-state index contributed by atoms with van der Waals surface area (Å²) < 4.78 is 16.2. The number of hydrogen-bond acceptors (Lipinski definition) is 6. The number of carbonyl (C=O) groups is 3. The fourth-order valence-electron chi connectivity index (χ4n) is 2.78. The van der Waals surface area contributed by atoms with Crippen LogP contribution in [-0.2, 0) is 16.1 Å². The van der Waals surface area contributed by atoms with Crippen molar-refractivity contribution in [2.75, 3.05) is 19.8 Å². The van der Waals surface area contributed by atoms with Gasteiger partial charge in [0.15, 0.2) is 6.61 Å². The number of ether oxygens (including phenoxy) is 3. The van der Waals surface area contributed by atoms with Crippen LogP contribution in [0.25, 0.3) is 0 Å². The molecule has 170 valence electrons. The molecule has 0 fully saturated rings. The van der Waals surface area contributed by atoms with E-state index in [1.807, 2.05) is 60.7 Å². The third-order valence-electron chi connectivity index (χ3n) is 4.34. The van der Waals surface area contributed by atoms with Gasteiger partial charge in [0.1, 0.15) is 30.3 Å². The predicted molar refractivity (Wildman–Crippen MR) is 121 cm³/mol. The maximum absolute atomic E-state index is 12.4. The van der Waals surface area contributed by atoms with Crippen LogP contribution in [0.3, 0.4) is 0 Å². The van der Waals surface area contributed by atoms with Gasteiger partial charge in [0.05, 0.1) is 0 Å². The van der Waals surface area contributed by atoms with E-state index < -0.39 is 24.5 Å². The van der Waals surface area contributed by atoms with Crippen LogP contribution < -0.4 is 20.1 Å². The highest BCUT2D eigenvalue weighted by atomic mass is 16.5. The first kappa shape index (κ1) is 23.3. The summed E-state index contributed by atoms with van der Waals surface area (Å²) in [4.78, 5) is 36.2. The van der Waals surface area contributed by atoms with Gasteiger partial charge in [-0.3, -0.25) is 10.1 Å². The Labute approximate surface area is 191 Å². The van der Waals surface area contributed by atoms with E-state index in [1.54, 1.807) is 18.2 Å². The van der Waals surface area contributed by atoms with E-state index in [2.05, 4.69) is 10.6 Å². The molecule has 0 aliphatic heterocycles. The number of hydrogen-bond donors (Lipinski definition) is 2. The van der Waals surface area contributed by atoms with Crippen molar-refractivity contribution in [3.8, 4) is 11.5 Å². The highest BCUT2D eigenvalue weighted by molar-refractivity contribution is 5.97. The lowest BCUT2D eigenvalue weighted by Gasteiger charge is -2.12. The number of amides is 3. The van der Waals surface area contributed by atoms with Crippen molar-refractivity contribution in [2.45, 2.75) is 6.54 Å². The molecule has 8 heteroatoms. The number of imide groups is 1. The van der Waals surface area contributed by atoms with Crippen LogP contribution >= 0.6 is 0 Å². The predicted octanol–water partition coefficient (Wildman–Crippen LogP) is 3.33. The fourth-order valence-corrected chi connectivity index (χ4v) is 2.78. The van der Waals surface area contributed by atoms with Gasteiger partial charge in [0.2, 0.25) is 0 Å². The summed E-state index contributed by atoms with van der Waals surface area (Å²) >= 11 is 0. The number of para-hydroxylation sites is 2. The summed E-state index contributed by atoms with van der Waals surface area (Å²) in [5.74, 6) is -0.467. The molecule has 0 saturated heterocycles.